The van der Waals surface area contributed by atoms with Crippen molar-refractivity contribution in [3.63, 3.8) is 0 Å². The van der Waals surface area contributed by atoms with E-state index in [-0.39, 0.29) is 30.2 Å². The molecular formula is C23H29N3O4. The van der Waals surface area contributed by atoms with E-state index in [9.17, 15) is 9.59 Å². The van der Waals surface area contributed by atoms with E-state index in [0.717, 1.165) is 30.3 Å². The van der Waals surface area contributed by atoms with Crippen LogP contribution < -0.4 is 15.0 Å². The number of hydrogen-bond donors (Lipinski definition) is 1. The van der Waals surface area contributed by atoms with Crippen LogP contribution in [0.4, 0.5) is 5.69 Å². The Bertz CT molecular complexity index is 844. The van der Waals surface area contributed by atoms with Crippen LogP contribution in [0.15, 0.2) is 47.1 Å². The average Bonchev–Trinajstić information content (AvgIpc) is 3.52. The molecule has 2 aliphatic rings. The number of rotatable bonds is 8. The molecule has 3 heterocycles. The molecule has 2 aliphatic heterocycles. The lowest BCUT2D eigenvalue weighted by Crippen LogP contribution is -2.39. The van der Waals surface area contributed by atoms with Crippen molar-refractivity contribution in [2.24, 2.45) is 5.92 Å². The Hall–Kier alpha value is -2.80. The molecule has 2 saturated heterocycles. The lowest BCUT2D eigenvalue weighted by Gasteiger charge is -2.26. The highest BCUT2D eigenvalue weighted by molar-refractivity contribution is 6.00. The summed E-state index contributed by atoms with van der Waals surface area (Å²) in [4.78, 5) is 29.4. The Labute approximate surface area is 177 Å². The van der Waals surface area contributed by atoms with Gasteiger partial charge in [0, 0.05) is 25.2 Å². The Balaban J connectivity index is 1.36. The molecule has 0 aliphatic carbocycles. The Kier molecular flexibility index (Phi) is 6.38. The fourth-order valence-corrected chi connectivity index (χ4v) is 4.31. The number of amides is 2. The monoisotopic (exact) mass is 411 g/mol. The van der Waals surface area contributed by atoms with Gasteiger partial charge >= 0.3 is 0 Å². The second-order valence-electron chi connectivity index (χ2n) is 7.85. The molecule has 0 unspecified atom stereocenters. The van der Waals surface area contributed by atoms with Gasteiger partial charge in [-0.3, -0.25) is 14.5 Å². The zero-order valence-corrected chi connectivity index (χ0v) is 17.4. The van der Waals surface area contributed by atoms with Crippen LogP contribution in [0.1, 0.15) is 38.0 Å². The Morgan fingerprint density at radius 1 is 1.23 bits per heavy atom. The number of carbonyl (C=O) groups is 2. The molecule has 7 heteroatoms. The van der Waals surface area contributed by atoms with Gasteiger partial charge in [0.1, 0.15) is 11.5 Å². The van der Waals surface area contributed by atoms with Crippen LogP contribution in [0.2, 0.25) is 0 Å². The molecule has 2 fully saturated rings. The van der Waals surface area contributed by atoms with Gasteiger partial charge in [-0.05, 0) is 69.3 Å². The summed E-state index contributed by atoms with van der Waals surface area (Å²) < 4.78 is 11.1. The molecule has 7 nitrogen and oxygen atoms in total. The van der Waals surface area contributed by atoms with E-state index in [1.807, 2.05) is 43.3 Å². The van der Waals surface area contributed by atoms with Crippen molar-refractivity contribution < 1.29 is 18.7 Å². The second kappa shape index (κ2) is 9.34. The topological polar surface area (TPSA) is 75.0 Å². The first-order chi connectivity index (χ1) is 14.7. The fourth-order valence-electron chi connectivity index (χ4n) is 4.31. The minimum Gasteiger partial charge on any atom is -0.494 e. The fraction of sp³-hybridized carbons (Fsp3) is 0.478. The largest absolute Gasteiger partial charge is 0.494 e. The summed E-state index contributed by atoms with van der Waals surface area (Å²) in [5.74, 6) is 1.19. The van der Waals surface area contributed by atoms with Crippen molar-refractivity contribution in [1.29, 1.82) is 0 Å². The summed E-state index contributed by atoms with van der Waals surface area (Å²) >= 11 is 0. The van der Waals surface area contributed by atoms with E-state index in [1.54, 1.807) is 11.2 Å². The molecule has 4 rings (SSSR count). The number of likely N-dealkylation sites (tertiary alicyclic amines) is 1. The molecule has 0 spiro atoms. The maximum atomic E-state index is 12.8. The van der Waals surface area contributed by atoms with Crippen LogP contribution in [0.5, 0.6) is 5.75 Å². The molecule has 0 bridgehead atoms. The summed E-state index contributed by atoms with van der Waals surface area (Å²) in [6, 6.07) is 11.3. The molecule has 1 N–H and O–H groups in total. The quantitative estimate of drug-likeness (QED) is 0.723. The predicted molar refractivity (Wildman–Crippen MR) is 113 cm³/mol. The molecule has 1 aromatic heterocycles. The van der Waals surface area contributed by atoms with Gasteiger partial charge in [-0.15, -0.1) is 0 Å². The summed E-state index contributed by atoms with van der Waals surface area (Å²) in [6.07, 6.45) is 4.23. The number of nitrogens with zero attached hydrogens (tertiary/aromatic N) is 2. The Morgan fingerprint density at radius 2 is 2.00 bits per heavy atom. The van der Waals surface area contributed by atoms with E-state index in [4.69, 9.17) is 9.15 Å². The molecule has 2 amide bonds. The highest BCUT2D eigenvalue weighted by Gasteiger charge is 2.36. The first-order valence-electron chi connectivity index (χ1n) is 10.7. The van der Waals surface area contributed by atoms with Crippen molar-refractivity contribution in [3.05, 3.63) is 48.4 Å². The van der Waals surface area contributed by atoms with Gasteiger partial charge in [0.05, 0.1) is 24.8 Å². The molecule has 0 saturated carbocycles. The molecule has 1 aromatic carbocycles. The first-order valence-corrected chi connectivity index (χ1v) is 10.7. The maximum absolute atomic E-state index is 12.8. The van der Waals surface area contributed by atoms with Gasteiger partial charge in [-0.2, -0.15) is 0 Å². The minimum absolute atomic E-state index is 0.0264. The van der Waals surface area contributed by atoms with Gasteiger partial charge in [-0.1, -0.05) is 0 Å². The zero-order chi connectivity index (χ0) is 20.9. The van der Waals surface area contributed by atoms with Crippen molar-refractivity contribution in [1.82, 2.24) is 10.2 Å². The first kappa shape index (κ1) is 20.5. The summed E-state index contributed by atoms with van der Waals surface area (Å²) in [5, 5.41) is 3.07. The van der Waals surface area contributed by atoms with Gasteiger partial charge in [0.25, 0.3) is 0 Å². The standard InChI is InChI=1S/C23H29N3O4/c1-2-29-19-9-7-18(8-10-19)26-16-17(14-22(26)27)23(28)24-15-20(21-6-5-13-30-21)25-11-3-4-12-25/h5-10,13,17,20H,2-4,11-12,14-16H2,1H3,(H,24,28)/t17-,20-/m1/s1. The SMILES string of the molecule is CCOc1ccc(N2C[C@H](C(=O)NC[C@H](c3ccco3)N3CCCC3)CC2=O)cc1. The van der Waals surface area contributed by atoms with Crippen molar-refractivity contribution >= 4 is 17.5 Å². The van der Waals surface area contributed by atoms with Crippen LogP contribution in [0.25, 0.3) is 0 Å². The lowest BCUT2D eigenvalue weighted by molar-refractivity contribution is -0.126. The van der Waals surface area contributed by atoms with Crippen LogP contribution in [-0.4, -0.2) is 49.5 Å². The highest BCUT2D eigenvalue weighted by Crippen LogP contribution is 2.28. The highest BCUT2D eigenvalue weighted by atomic mass is 16.5. The number of benzene rings is 1. The van der Waals surface area contributed by atoms with E-state index in [2.05, 4.69) is 10.2 Å². The summed E-state index contributed by atoms with van der Waals surface area (Å²) in [6.45, 7) is 5.43. The average molecular weight is 412 g/mol. The van der Waals surface area contributed by atoms with Gasteiger partial charge in [-0.25, -0.2) is 0 Å². The third kappa shape index (κ3) is 4.51. The number of anilines is 1. The third-order valence-electron chi connectivity index (χ3n) is 5.88. The molecule has 0 radical (unpaired) electrons. The summed E-state index contributed by atoms with van der Waals surface area (Å²) in [5.41, 5.74) is 0.796. The lowest BCUT2D eigenvalue weighted by atomic mass is 10.1. The van der Waals surface area contributed by atoms with Gasteiger partial charge in [0.2, 0.25) is 11.8 Å². The number of carbonyl (C=O) groups excluding carboxylic acids is 2. The normalized spacial score (nSPS) is 20.5. The molecule has 2 atom stereocenters. The second-order valence-corrected chi connectivity index (χ2v) is 7.85. The Morgan fingerprint density at radius 3 is 2.67 bits per heavy atom. The van der Waals surface area contributed by atoms with Crippen molar-refractivity contribution in [2.75, 3.05) is 37.7 Å². The van der Waals surface area contributed by atoms with Gasteiger partial charge < -0.3 is 19.4 Å². The van der Waals surface area contributed by atoms with Crippen molar-refractivity contribution in [2.45, 2.75) is 32.2 Å². The predicted octanol–water partition coefficient (Wildman–Crippen LogP) is 2.98. The number of furan rings is 1. The van der Waals surface area contributed by atoms with Crippen LogP contribution in [-0.2, 0) is 9.59 Å². The van der Waals surface area contributed by atoms with E-state index in [1.165, 1.54) is 12.8 Å². The zero-order valence-electron chi connectivity index (χ0n) is 17.4. The maximum Gasteiger partial charge on any atom is 0.227 e. The van der Waals surface area contributed by atoms with E-state index < -0.39 is 0 Å². The van der Waals surface area contributed by atoms with E-state index >= 15 is 0 Å². The third-order valence-corrected chi connectivity index (χ3v) is 5.88. The minimum atomic E-state index is -0.347. The van der Waals surface area contributed by atoms with Crippen LogP contribution in [0, 0.1) is 5.92 Å². The number of hydrogen-bond acceptors (Lipinski definition) is 5. The molecule has 160 valence electrons. The van der Waals surface area contributed by atoms with Crippen molar-refractivity contribution in [3.8, 4) is 5.75 Å². The molecular weight excluding hydrogens is 382 g/mol. The van der Waals surface area contributed by atoms with Crippen LogP contribution in [0.3, 0.4) is 0 Å². The molecule has 30 heavy (non-hydrogen) atoms. The number of nitrogens with one attached hydrogen (secondary N) is 1. The smallest absolute Gasteiger partial charge is 0.227 e. The molecule has 2 aromatic rings. The van der Waals surface area contributed by atoms with Crippen LogP contribution >= 0.6 is 0 Å². The summed E-state index contributed by atoms with van der Waals surface area (Å²) in [7, 11) is 0. The van der Waals surface area contributed by atoms with Gasteiger partial charge in [0.15, 0.2) is 0 Å². The van der Waals surface area contributed by atoms with E-state index in [0.29, 0.717) is 19.7 Å². The number of ether oxygens (including phenoxy) is 1.